The van der Waals surface area contributed by atoms with Crippen molar-refractivity contribution in [2.24, 2.45) is 7.05 Å². The third kappa shape index (κ3) is 3.44. The molecule has 1 aromatic carbocycles. The summed E-state index contributed by atoms with van der Waals surface area (Å²) in [4.78, 5) is 18.7. The van der Waals surface area contributed by atoms with Gasteiger partial charge in [-0.25, -0.2) is 0 Å². The van der Waals surface area contributed by atoms with Crippen molar-refractivity contribution in [3.05, 3.63) is 53.1 Å². The highest BCUT2D eigenvalue weighted by atomic mass is 35.5. The van der Waals surface area contributed by atoms with Crippen molar-refractivity contribution in [3.8, 4) is 0 Å². The molecule has 0 spiro atoms. The molecule has 0 bridgehead atoms. The second-order valence-electron chi connectivity index (χ2n) is 5.48. The van der Waals surface area contributed by atoms with Crippen LogP contribution in [0.4, 0.5) is 0 Å². The summed E-state index contributed by atoms with van der Waals surface area (Å²) in [5, 5.41) is 0.0645. The molecule has 0 radical (unpaired) electrons. The van der Waals surface area contributed by atoms with Gasteiger partial charge in [-0.3, -0.25) is 4.79 Å². The molecule has 2 heterocycles. The van der Waals surface area contributed by atoms with E-state index in [0.29, 0.717) is 36.4 Å². The summed E-state index contributed by atoms with van der Waals surface area (Å²) in [6.07, 6.45) is 1.96. The van der Waals surface area contributed by atoms with Crippen LogP contribution in [0.25, 0.3) is 11.1 Å². The number of amides is 1. The number of rotatable bonds is 6. The lowest BCUT2D eigenvalue weighted by atomic mass is 10.1. The van der Waals surface area contributed by atoms with Gasteiger partial charge in [0, 0.05) is 38.2 Å². The van der Waals surface area contributed by atoms with Crippen LogP contribution in [0.5, 0.6) is 0 Å². The highest BCUT2D eigenvalue weighted by molar-refractivity contribution is 6.28. The molecule has 3 rings (SSSR count). The first-order valence-electron chi connectivity index (χ1n) is 7.53. The van der Waals surface area contributed by atoms with Gasteiger partial charge in [0.1, 0.15) is 5.52 Å². The summed E-state index contributed by atoms with van der Waals surface area (Å²) in [5.74, 6) is -0.0947. The van der Waals surface area contributed by atoms with Gasteiger partial charge in [-0.2, -0.15) is 4.98 Å². The topological polar surface area (TPSA) is 60.5 Å². The molecule has 0 fully saturated rings. The Hall–Kier alpha value is -2.31. The molecule has 0 aliphatic carbocycles. The first kappa shape index (κ1) is 16.5. The van der Waals surface area contributed by atoms with E-state index < -0.39 is 0 Å². The number of fused-ring (bicyclic) bond motifs is 1. The van der Waals surface area contributed by atoms with Crippen LogP contribution in [0.1, 0.15) is 16.1 Å². The largest absolute Gasteiger partial charge is 0.428 e. The fraction of sp³-hybridized carbons (Fsp3) is 0.294. The Kier molecular flexibility index (Phi) is 4.87. The number of methoxy groups -OCH3 is 1. The predicted octanol–water partition coefficient (Wildman–Crippen LogP) is 3.11. The molecule has 6 nitrogen and oxygen atoms in total. The highest BCUT2D eigenvalue weighted by Gasteiger charge is 2.18. The monoisotopic (exact) mass is 347 g/mol. The number of oxazole rings is 1. The maximum Gasteiger partial charge on any atom is 0.293 e. The lowest BCUT2D eigenvalue weighted by Gasteiger charge is -2.23. The molecule has 0 atom stereocenters. The van der Waals surface area contributed by atoms with E-state index >= 15 is 0 Å². The highest BCUT2D eigenvalue weighted by Crippen LogP contribution is 2.21. The van der Waals surface area contributed by atoms with E-state index in [9.17, 15) is 4.79 Å². The number of aryl methyl sites for hydroxylation is 1. The van der Waals surface area contributed by atoms with E-state index in [0.717, 1.165) is 5.69 Å². The molecule has 0 N–H and O–H groups in total. The third-order valence-corrected chi connectivity index (χ3v) is 4.03. The number of aromatic nitrogens is 2. The Balaban J connectivity index is 1.86. The Labute approximate surface area is 144 Å². The van der Waals surface area contributed by atoms with Crippen molar-refractivity contribution in [3.63, 3.8) is 0 Å². The van der Waals surface area contributed by atoms with Crippen LogP contribution in [-0.4, -0.2) is 40.6 Å². The van der Waals surface area contributed by atoms with Gasteiger partial charge in [-0.15, -0.1) is 0 Å². The first-order chi connectivity index (χ1) is 11.6. The van der Waals surface area contributed by atoms with Gasteiger partial charge in [-0.05, 0) is 41.9 Å². The smallest absolute Gasteiger partial charge is 0.293 e. The maximum atomic E-state index is 12.9. The zero-order chi connectivity index (χ0) is 17.1. The molecule has 0 saturated heterocycles. The molecule has 2 aromatic heterocycles. The second-order valence-corrected chi connectivity index (χ2v) is 5.80. The summed E-state index contributed by atoms with van der Waals surface area (Å²) in [5.41, 5.74) is 2.70. The maximum absolute atomic E-state index is 12.9. The molecule has 0 aliphatic heterocycles. The predicted molar refractivity (Wildman–Crippen MR) is 91.0 cm³/mol. The van der Waals surface area contributed by atoms with E-state index in [-0.39, 0.29) is 11.3 Å². The molecule has 24 heavy (non-hydrogen) atoms. The van der Waals surface area contributed by atoms with Gasteiger partial charge in [0.05, 0.1) is 13.2 Å². The van der Waals surface area contributed by atoms with Crippen molar-refractivity contribution in [1.29, 1.82) is 0 Å². The molecule has 126 valence electrons. The zero-order valence-corrected chi connectivity index (χ0v) is 14.3. The van der Waals surface area contributed by atoms with Crippen molar-refractivity contribution in [1.82, 2.24) is 14.5 Å². The number of hydrogen-bond acceptors (Lipinski definition) is 4. The van der Waals surface area contributed by atoms with Crippen molar-refractivity contribution in [2.45, 2.75) is 6.54 Å². The lowest BCUT2D eigenvalue weighted by Crippen LogP contribution is -2.34. The summed E-state index contributed by atoms with van der Waals surface area (Å²) >= 11 is 5.77. The molecule has 0 aliphatic rings. The fourth-order valence-corrected chi connectivity index (χ4v) is 2.70. The number of halogens is 1. The van der Waals surface area contributed by atoms with Crippen molar-refractivity contribution in [2.75, 3.05) is 20.3 Å². The number of hydrogen-bond donors (Lipinski definition) is 0. The van der Waals surface area contributed by atoms with Gasteiger partial charge in [0.15, 0.2) is 5.58 Å². The average Bonchev–Trinajstić information content (AvgIpc) is 3.14. The van der Waals surface area contributed by atoms with E-state index in [1.54, 1.807) is 30.2 Å². The summed E-state index contributed by atoms with van der Waals surface area (Å²) < 4.78 is 12.4. The zero-order valence-electron chi connectivity index (χ0n) is 13.5. The average molecular weight is 348 g/mol. The van der Waals surface area contributed by atoms with E-state index in [1.807, 2.05) is 29.9 Å². The van der Waals surface area contributed by atoms with Gasteiger partial charge in [0.2, 0.25) is 0 Å². The van der Waals surface area contributed by atoms with Crippen LogP contribution in [0.15, 0.2) is 40.9 Å². The standard InChI is InChI=1S/C17H18ClN3O3/c1-20-7-3-4-13(20)11-21(8-9-23-2)16(22)12-5-6-14-15(10-12)24-17(18)19-14/h3-7,10H,8-9,11H2,1-2H3. The Morgan fingerprint density at radius 1 is 1.42 bits per heavy atom. The van der Waals surface area contributed by atoms with Crippen LogP contribution in [0, 0.1) is 0 Å². The van der Waals surface area contributed by atoms with E-state index in [1.165, 1.54) is 0 Å². The van der Waals surface area contributed by atoms with Crippen LogP contribution in [0.3, 0.4) is 0 Å². The molecular formula is C17H18ClN3O3. The lowest BCUT2D eigenvalue weighted by molar-refractivity contribution is 0.0676. The molecular weight excluding hydrogens is 330 g/mol. The van der Waals surface area contributed by atoms with Crippen molar-refractivity contribution >= 4 is 28.6 Å². The van der Waals surface area contributed by atoms with Crippen molar-refractivity contribution < 1.29 is 13.9 Å². The van der Waals surface area contributed by atoms with Gasteiger partial charge >= 0.3 is 0 Å². The Morgan fingerprint density at radius 3 is 2.96 bits per heavy atom. The van der Waals surface area contributed by atoms with Crippen LogP contribution < -0.4 is 0 Å². The number of carbonyl (C=O) groups is 1. The summed E-state index contributed by atoms with van der Waals surface area (Å²) in [7, 11) is 3.57. The summed E-state index contributed by atoms with van der Waals surface area (Å²) in [6.45, 7) is 1.46. The molecule has 3 aromatic rings. The third-order valence-electron chi connectivity index (χ3n) is 3.87. The van der Waals surface area contributed by atoms with Crippen LogP contribution in [0.2, 0.25) is 5.35 Å². The SMILES string of the molecule is COCCN(Cc1cccn1C)C(=O)c1ccc2nc(Cl)oc2c1. The fourth-order valence-electron chi connectivity index (χ4n) is 2.52. The van der Waals surface area contributed by atoms with Gasteiger partial charge in [-0.1, -0.05) is 0 Å². The number of benzene rings is 1. The molecule has 0 unspecified atom stereocenters. The second kappa shape index (κ2) is 7.07. The molecule has 1 amide bonds. The van der Waals surface area contributed by atoms with Crippen LogP contribution in [-0.2, 0) is 18.3 Å². The van der Waals surface area contributed by atoms with E-state index in [2.05, 4.69) is 4.98 Å². The normalized spacial score (nSPS) is 11.1. The molecule has 0 saturated carbocycles. The molecule has 7 heteroatoms. The minimum atomic E-state index is -0.0947. The van der Waals surface area contributed by atoms with E-state index in [4.69, 9.17) is 20.8 Å². The summed E-state index contributed by atoms with van der Waals surface area (Å²) in [6, 6.07) is 9.08. The minimum Gasteiger partial charge on any atom is -0.428 e. The number of ether oxygens (including phenoxy) is 1. The minimum absolute atomic E-state index is 0.0645. The quantitative estimate of drug-likeness (QED) is 0.687. The number of nitrogens with zero attached hydrogens (tertiary/aromatic N) is 3. The van der Waals surface area contributed by atoms with Crippen LogP contribution >= 0.6 is 11.6 Å². The van der Waals surface area contributed by atoms with Gasteiger partial charge < -0.3 is 18.6 Å². The van der Waals surface area contributed by atoms with Gasteiger partial charge in [0.25, 0.3) is 11.3 Å². The number of carbonyl (C=O) groups excluding carboxylic acids is 1. The Morgan fingerprint density at radius 2 is 2.25 bits per heavy atom. The first-order valence-corrected chi connectivity index (χ1v) is 7.91. The Bertz CT molecular complexity index is 856.